The van der Waals surface area contributed by atoms with Crippen LogP contribution < -0.4 is 5.32 Å². The van der Waals surface area contributed by atoms with E-state index in [1.54, 1.807) is 6.07 Å². The van der Waals surface area contributed by atoms with Crippen molar-refractivity contribution in [2.45, 2.75) is 6.92 Å². The summed E-state index contributed by atoms with van der Waals surface area (Å²) >= 11 is 0. The molecule has 5 nitrogen and oxygen atoms in total. The lowest BCUT2D eigenvalue weighted by Gasteiger charge is -2.05. The number of nitrogens with zero attached hydrogens (tertiary/aromatic N) is 1. The minimum atomic E-state index is -1.09. The maximum atomic E-state index is 12.1. The highest BCUT2D eigenvalue weighted by Crippen LogP contribution is 2.14. The summed E-state index contributed by atoms with van der Waals surface area (Å²) in [5.74, 6) is -1.67. The molecule has 114 valence electrons. The first-order chi connectivity index (χ1) is 11.0. The molecule has 0 saturated carbocycles. The Kier molecular flexibility index (Phi) is 4.90. The first kappa shape index (κ1) is 16.0. The topological polar surface area (TPSA) is 90.2 Å². The normalized spacial score (nSPS) is 10.7. The van der Waals surface area contributed by atoms with Crippen LogP contribution in [-0.4, -0.2) is 17.0 Å². The summed E-state index contributed by atoms with van der Waals surface area (Å²) < 4.78 is 0. The Labute approximate surface area is 133 Å². The largest absolute Gasteiger partial charge is 0.478 e. The van der Waals surface area contributed by atoms with Crippen LogP contribution in [0.2, 0.25) is 0 Å². The van der Waals surface area contributed by atoms with Gasteiger partial charge in [0.2, 0.25) is 0 Å². The van der Waals surface area contributed by atoms with Gasteiger partial charge in [0.15, 0.2) is 0 Å². The van der Waals surface area contributed by atoms with Crippen molar-refractivity contribution in [2.75, 3.05) is 5.32 Å². The number of benzene rings is 2. The van der Waals surface area contributed by atoms with Crippen molar-refractivity contribution in [1.29, 1.82) is 5.26 Å². The van der Waals surface area contributed by atoms with Gasteiger partial charge < -0.3 is 10.4 Å². The summed E-state index contributed by atoms with van der Waals surface area (Å²) in [6.07, 6.45) is 1.48. The molecular weight excluding hydrogens is 292 g/mol. The number of aromatic carboxylic acids is 1. The number of aryl methyl sites for hydroxylation is 1. The molecule has 0 saturated heterocycles. The summed E-state index contributed by atoms with van der Waals surface area (Å²) in [5, 5.41) is 20.6. The molecule has 23 heavy (non-hydrogen) atoms. The highest BCUT2D eigenvalue weighted by Gasteiger charge is 2.11. The number of nitriles is 1. The molecule has 2 aromatic rings. The lowest BCUT2D eigenvalue weighted by Crippen LogP contribution is -2.13. The van der Waals surface area contributed by atoms with E-state index in [0.29, 0.717) is 5.69 Å². The van der Waals surface area contributed by atoms with Gasteiger partial charge in [0.05, 0.1) is 5.56 Å². The number of hydrogen-bond donors (Lipinski definition) is 2. The maximum absolute atomic E-state index is 12.1. The molecule has 1 amide bonds. The smallest absolute Gasteiger partial charge is 0.335 e. The van der Waals surface area contributed by atoms with E-state index in [-0.39, 0.29) is 11.1 Å². The SMILES string of the molecule is Cc1ccc(/C=C(/C#N)C(=O)Nc2cccc(C(=O)O)c2)cc1. The number of carbonyl (C=O) groups is 2. The van der Waals surface area contributed by atoms with Gasteiger partial charge in [-0.15, -0.1) is 0 Å². The molecule has 0 atom stereocenters. The molecule has 5 heteroatoms. The summed E-state index contributed by atoms with van der Waals surface area (Å²) in [4.78, 5) is 23.1. The van der Waals surface area contributed by atoms with Gasteiger partial charge in [-0.1, -0.05) is 35.9 Å². The summed E-state index contributed by atoms with van der Waals surface area (Å²) in [7, 11) is 0. The number of amides is 1. The molecule has 2 rings (SSSR count). The van der Waals surface area contributed by atoms with E-state index in [4.69, 9.17) is 10.4 Å². The van der Waals surface area contributed by atoms with Gasteiger partial charge in [0.25, 0.3) is 5.91 Å². The van der Waals surface area contributed by atoms with E-state index in [1.807, 2.05) is 37.3 Å². The Morgan fingerprint density at radius 3 is 2.48 bits per heavy atom. The van der Waals surface area contributed by atoms with Gasteiger partial charge in [0.1, 0.15) is 11.6 Å². The number of carboxylic acids is 1. The number of nitrogens with one attached hydrogen (secondary N) is 1. The van der Waals surface area contributed by atoms with E-state index >= 15 is 0 Å². The summed E-state index contributed by atoms with van der Waals surface area (Å²) in [5.41, 5.74) is 2.13. The molecule has 0 aromatic heterocycles. The van der Waals surface area contributed by atoms with Gasteiger partial charge in [-0.25, -0.2) is 4.79 Å². The highest BCUT2D eigenvalue weighted by molar-refractivity contribution is 6.10. The molecule has 0 spiro atoms. The third-order valence-corrected chi connectivity index (χ3v) is 3.12. The third-order valence-electron chi connectivity index (χ3n) is 3.12. The van der Waals surface area contributed by atoms with Crippen LogP contribution in [0.25, 0.3) is 6.08 Å². The molecule has 2 aromatic carbocycles. The second kappa shape index (κ2) is 7.05. The van der Waals surface area contributed by atoms with Gasteiger partial charge in [-0.3, -0.25) is 4.79 Å². The van der Waals surface area contributed by atoms with E-state index < -0.39 is 11.9 Å². The molecule has 0 radical (unpaired) electrons. The fourth-order valence-electron chi connectivity index (χ4n) is 1.91. The summed E-state index contributed by atoms with van der Waals surface area (Å²) in [6, 6.07) is 15.1. The number of carbonyl (C=O) groups excluding carboxylic acids is 1. The third kappa shape index (κ3) is 4.29. The van der Waals surface area contributed by atoms with Crippen molar-refractivity contribution in [3.63, 3.8) is 0 Å². The van der Waals surface area contributed by atoms with Crippen molar-refractivity contribution in [2.24, 2.45) is 0 Å². The van der Waals surface area contributed by atoms with Gasteiger partial charge in [-0.2, -0.15) is 5.26 Å². The second-order valence-corrected chi connectivity index (χ2v) is 4.92. The van der Waals surface area contributed by atoms with Crippen molar-refractivity contribution >= 4 is 23.6 Å². The van der Waals surface area contributed by atoms with Crippen molar-refractivity contribution < 1.29 is 14.7 Å². The molecule has 0 heterocycles. The average Bonchev–Trinajstić information content (AvgIpc) is 2.54. The Hall–Kier alpha value is -3.39. The predicted molar refractivity (Wildman–Crippen MR) is 86.8 cm³/mol. The lowest BCUT2D eigenvalue weighted by atomic mass is 10.1. The van der Waals surface area contributed by atoms with Crippen LogP contribution in [0.5, 0.6) is 0 Å². The Morgan fingerprint density at radius 1 is 1.17 bits per heavy atom. The van der Waals surface area contributed by atoms with Crippen LogP contribution in [0.1, 0.15) is 21.5 Å². The maximum Gasteiger partial charge on any atom is 0.335 e. The summed E-state index contributed by atoms with van der Waals surface area (Å²) in [6.45, 7) is 1.95. The van der Waals surface area contributed by atoms with Crippen LogP contribution in [-0.2, 0) is 4.79 Å². The number of anilines is 1. The second-order valence-electron chi connectivity index (χ2n) is 4.92. The first-order valence-electron chi connectivity index (χ1n) is 6.83. The number of hydrogen-bond acceptors (Lipinski definition) is 3. The molecule has 2 N–H and O–H groups in total. The minimum Gasteiger partial charge on any atom is -0.478 e. The molecule has 0 unspecified atom stereocenters. The van der Waals surface area contributed by atoms with Crippen LogP contribution in [0.15, 0.2) is 54.1 Å². The van der Waals surface area contributed by atoms with E-state index in [2.05, 4.69) is 5.32 Å². The average molecular weight is 306 g/mol. The minimum absolute atomic E-state index is 0.0591. The van der Waals surface area contributed by atoms with Crippen molar-refractivity contribution in [3.05, 3.63) is 70.8 Å². The van der Waals surface area contributed by atoms with Gasteiger partial charge >= 0.3 is 5.97 Å². The standard InChI is InChI=1S/C18H14N2O3/c1-12-5-7-13(8-6-12)9-15(11-19)17(21)20-16-4-2-3-14(10-16)18(22)23/h2-10H,1H3,(H,20,21)(H,22,23)/b15-9-. The van der Waals surface area contributed by atoms with Gasteiger partial charge in [0, 0.05) is 5.69 Å². The zero-order chi connectivity index (χ0) is 16.8. The van der Waals surface area contributed by atoms with E-state index in [0.717, 1.165) is 11.1 Å². The Balaban J connectivity index is 2.21. The van der Waals surface area contributed by atoms with Crippen LogP contribution in [0.4, 0.5) is 5.69 Å². The fourth-order valence-corrected chi connectivity index (χ4v) is 1.91. The number of carboxylic acid groups (broad SMARTS) is 1. The van der Waals surface area contributed by atoms with Crippen LogP contribution >= 0.6 is 0 Å². The molecular formula is C18H14N2O3. The zero-order valence-corrected chi connectivity index (χ0v) is 12.4. The van der Waals surface area contributed by atoms with E-state index in [1.165, 1.54) is 24.3 Å². The quantitative estimate of drug-likeness (QED) is 0.670. The molecule has 0 aliphatic rings. The molecule has 0 bridgehead atoms. The van der Waals surface area contributed by atoms with Gasteiger partial charge in [-0.05, 0) is 36.8 Å². The van der Waals surface area contributed by atoms with E-state index in [9.17, 15) is 9.59 Å². The highest BCUT2D eigenvalue weighted by atomic mass is 16.4. The zero-order valence-electron chi connectivity index (χ0n) is 12.4. The monoisotopic (exact) mass is 306 g/mol. The molecule has 0 aliphatic heterocycles. The van der Waals surface area contributed by atoms with Crippen molar-refractivity contribution in [1.82, 2.24) is 0 Å². The van der Waals surface area contributed by atoms with Crippen LogP contribution in [0, 0.1) is 18.3 Å². The predicted octanol–water partition coefficient (Wildman–Crippen LogP) is 3.24. The first-order valence-corrected chi connectivity index (χ1v) is 6.83. The van der Waals surface area contributed by atoms with Crippen LogP contribution in [0.3, 0.4) is 0 Å². The number of rotatable bonds is 4. The fraction of sp³-hybridized carbons (Fsp3) is 0.0556. The lowest BCUT2D eigenvalue weighted by molar-refractivity contribution is -0.112. The Bertz CT molecular complexity index is 815. The van der Waals surface area contributed by atoms with Crippen molar-refractivity contribution in [3.8, 4) is 6.07 Å². The Morgan fingerprint density at radius 2 is 1.87 bits per heavy atom. The molecule has 0 fully saturated rings. The molecule has 0 aliphatic carbocycles.